The van der Waals surface area contributed by atoms with E-state index in [2.05, 4.69) is 36.3 Å². The minimum Gasteiger partial charge on any atom is -0.537 e. The lowest BCUT2D eigenvalue weighted by Crippen LogP contribution is -2.50. The zero-order valence-corrected chi connectivity index (χ0v) is 36.5. The second kappa shape index (κ2) is 22.4. The van der Waals surface area contributed by atoms with Crippen molar-refractivity contribution < 1.29 is 51.4 Å². The lowest BCUT2D eigenvalue weighted by molar-refractivity contribution is -0.133. The predicted octanol–water partition coefficient (Wildman–Crippen LogP) is 7.68. The molecule has 23 heteroatoms. The van der Waals surface area contributed by atoms with Crippen molar-refractivity contribution in [3.63, 3.8) is 0 Å². The first-order valence-electron chi connectivity index (χ1n) is 16.7. The molecule has 1 saturated heterocycles. The summed E-state index contributed by atoms with van der Waals surface area (Å²) in [6, 6.07) is 10.8. The van der Waals surface area contributed by atoms with Crippen molar-refractivity contribution in [1.29, 1.82) is 0 Å². The fourth-order valence-electron chi connectivity index (χ4n) is 5.07. The first-order valence-corrected chi connectivity index (χ1v) is 21.6. The Balaban J connectivity index is 0.000000256. The van der Waals surface area contributed by atoms with Gasteiger partial charge in [0.05, 0.1) is 17.8 Å². The first kappa shape index (κ1) is 48.3. The summed E-state index contributed by atoms with van der Waals surface area (Å²) in [6.07, 6.45) is -2.10. The number of aliphatic hydroxyl groups is 1. The molecule has 1 fully saturated rings. The molecule has 2 aromatic carbocycles. The van der Waals surface area contributed by atoms with Gasteiger partial charge >= 0.3 is 20.2 Å². The molecule has 0 aliphatic carbocycles. The quantitative estimate of drug-likeness (QED) is 0.0720. The summed E-state index contributed by atoms with van der Waals surface area (Å²) >= 11 is 9.22. The minimum atomic E-state index is -3.27. The van der Waals surface area contributed by atoms with Crippen LogP contribution in [0.4, 0.5) is 22.4 Å². The SMILES string of the molecule is CC(C)(C)OC(=O)N1[C@H](CF)[C@@H](c2ccc(O[B]O)cc2)OC1(C)C.CSc1nnc(-c2ccc([C@@H](O)[C@@H](CF)NC(=O)C(F)F)cc2)s1.CSc1nnc(Br)s1. The molecule has 0 unspecified atom stereocenters. The molecule has 4 aromatic rings. The van der Waals surface area contributed by atoms with Gasteiger partial charge in [-0.3, -0.25) is 9.69 Å². The first-order chi connectivity index (χ1) is 26.9. The van der Waals surface area contributed by atoms with E-state index in [0.717, 1.165) is 18.2 Å². The average Bonchev–Trinajstić information content (AvgIpc) is 3.90. The van der Waals surface area contributed by atoms with Gasteiger partial charge in [-0.2, -0.15) is 8.78 Å². The summed E-state index contributed by atoms with van der Waals surface area (Å²) in [6.45, 7) is 6.75. The van der Waals surface area contributed by atoms with E-state index in [9.17, 15) is 32.3 Å². The highest BCUT2D eigenvalue weighted by Gasteiger charge is 2.51. The van der Waals surface area contributed by atoms with Gasteiger partial charge in [0, 0.05) is 5.56 Å². The van der Waals surface area contributed by atoms with Gasteiger partial charge in [-0.1, -0.05) is 82.6 Å². The van der Waals surface area contributed by atoms with Gasteiger partial charge in [0.1, 0.15) is 41.9 Å². The van der Waals surface area contributed by atoms with Gasteiger partial charge in [0.25, 0.3) is 5.91 Å². The monoisotopic (exact) mass is 939 g/mol. The Labute approximate surface area is 353 Å². The van der Waals surface area contributed by atoms with E-state index < -0.39 is 67.4 Å². The Hall–Kier alpha value is -3.06. The van der Waals surface area contributed by atoms with Crippen molar-refractivity contribution in [1.82, 2.24) is 30.6 Å². The third-order valence-electron chi connectivity index (χ3n) is 7.53. The zero-order chi connectivity index (χ0) is 42.5. The van der Waals surface area contributed by atoms with Gasteiger partial charge in [-0.25, -0.2) is 13.6 Å². The molecule has 57 heavy (non-hydrogen) atoms. The standard InChI is InChI=1S/C17H24BFNO5.C14H14F3N3O2S2.C3H3BrN2S2/c1-16(2,3)24-15(21)20-13(10-19)14(23-17(20,4)5)11-6-8-12(9-7-11)25-18-22;1-23-14-20-19-13(24-14)8-4-2-7(3-5-8)10(21)9(6-15)18-12(22)11(16)17;1-7-3-6-5-2(4)8-3/h6-9,13-14,22H,10H2,1-5H3;2-5,9-11,21H,6H2,1H3,(H,18,22);1H3/t13-,14-;9-,10-;/m11./s1. The fourth-order valence-corrected chi connectivity index (χ4v) is 8.21. The largest absolute Gasteiger partial charge is 0.569 e. The Bertz CT molecular complexity index is 1860. The molecular weight excluding hydrogens is 899 g/mol. The zero-order valence-electron chi connectivity index (χ0n) is 31.7. The molecule has 1 aliphatic rings. The minimum absolute atomic E-state index is 0.297. The number of thioether (sulfide) groups is 2. The highest BCUT2D eigenvalue weighted by atomic mass is 79.9. The number of carbonyl (C=O) groups is 2. The second-order valence-electron chi connectivity index (χ2n) is 13.1. The van der Waals surface area contributed by atoms with Crippen LogP contribution in [-0.2, 0) is 14.3 Å². The topological polar surface area (TPSA) is 169 Å². The van der Waals surface area contributed by atoms with Crippen LogP contribution in [0.15, 0.2) is 61.1 Å². The molecule has 1 aliphatic heterocycles. The Morgan fingerprint density at radius 2 is 1.61 bits per heavy atom. The smallest absolute Gasteiger partial charge is 0.537 e. The van der Waals surface area contributed by atoms with Crippen molar-refractivity contribution in [2.24, 2.45) is 0 Å². The number of benzene rings is 2. The molecule has 2 aromatic heterocycles. The molecular formula is C34H41BBrF4N6O7S4. The number of hydrogen-bond acceptors (Lipinski definition) is 15. The maximum atomic E-state index is 13.8. The molecule has 5 rings (SSSR count). The number of rotatable bonds is 12. The van der Waals surface area contributed by atoms with Gasteiger partial charge in [0.15, 0.2) is 12.6 Å². The van der Waals surface area contributed by atoms with Gasteiger partial charge < -0.3 is 29.6 Å². The number of aliphatic hydroxyl groups excluding tert-OH is 1. The predicted molar refractivity (Wildman–Crippen MR) is 216 cm³/mol. The van der Waals surface area contributed by atoms with Crippen LogP contribution in [0.25, 0.3) is 10.6 Å². The van der Waals surface area contributed by atoms with Crippen molar-refractivity contribution in [2.75, 3.05) is 25.9 Å². The van der Waals surface area contributed by atoms with Crippen LogP contribution in [0.5, 0.6) is 5.75 Å². The van der Waals surface area contributed by atoms with Crippen molar-refractivity contribution in [3.05, 3.63) is 63.6 Å². The Morgan fingerprint density at radius 3 is 2.07 bits per heavy atom. The van der Waals surface area contributed by atoms with Gasteiger partial charge in [0.2, 0.25) is 0 Å². The molecule has 3 N–H and O–H groups in total. The highest BCUT2D eigenvalue weighted by molar-refractivity contribution is 9.11. The molecule has 1 radical (unpaired) electrons. The highest BCUT2D eigenvalue weighted by Crippen LogP contribution is 2.42. The molecule has 13 nitrogen and oxygen atoms in total. The van der Waals surface area contributed by atoms with E-state index in [-0.39, 0.29) is 0 Å². The second-order valence-corrected chi connectivity index (χ2v) is 18.4. The third kappa shape index (κ3) is 14.3. The van der Waals surface area contributed by atoms with E-state index in [1.807, 2.05) is 12.5 Å². The maximum Gasteiger partial charge on any atom is 0.569 e. The van der Waals surface area contributed by atoms with E-state index in [4.69, 9.17) is 19.2 Å². The summed E-state index contributed by atoms with van der Waals surface area (Å²) in [7, 11) is 0.582. The molecule has 311 valence electrons. The van der Waals surface area contributed by atoms with Crippen LogP contribution < -0.4 is 9.97 Å². The third-order valence-corrected chi connectivity index (χ3v) is 11.8. The number of carbonyl (C=O) groups excluding carboxylic acids is 2. The number of amides is 2. The number of nitrogens with zero attached hydrogens (tertiary/aromatic N) is 5. The van der Waals surface area contributed by atoms with E-state index in [1.165, 1.54) is 40.1 Å². The molecule has 0 bridgehead atoms. The molecule has 3 heterocycles. The van der Waals surface area contributed by atoms with E-state index >= 15 is 0 Å². The van der Waals surface area contributed by atoms with Crippen LogP contribution in [0, 0.1) is 0 Å². The molecule has 0 spiro atoms. The Kier molecular flexibility index (Phi) is 18.9. The number of ether oxygens (including phenoxy) is 2. The van der Waals surface area contributed by atoms with Crippen LogP contribution in [-0.4, -0.2) is 111 Å². The number of aromatic nitrogens is 4. The molecule has 2 amide bonds. The fraction of sp³-hybridized carbons (Fsp3) is 0.471. The normalized spacial score (nSPS) is 17.1. The van der Waals surface area contributed by atoms with Crippen LogP contribution >= 0.6 is 62.1 Å². The summed E-state index contributed by atoms with van der Waals surface area (Å²) in [4.78, 5) is 24.8. The molecule has 0 saturated carbocycles. The van der Waals surface area contributed by atoms with Crippen molar-refractivity contribution >= 4 is 81.8 Å². The van der Waals surface area contributed by atoms with Crippen molar-refractivity contribution in [2.45, 2.75) is 85.3 Å². The summed E-state index contributed by atoms with van der Waals surface area (Å²) in [5.74, 6) is -1.18. The Morgan fingerprint density at radius 1 is 1.02 bits per heavy atom. The number of halogens is 5. The summed E-state index contributed by atoms with van der Waals surface area (Å²) in [5.41, 5.74) is 0.0544. The van der Waals surface area contributed by atoms with Crippen LogP contribution in [0.2, 0.25) is 0 Å². The summed E-state index contributed by atoms with van der Waals surface area (Å²) in [5, 5.41) is 36.8. The lowest BCUT2D eigenvalue weighted by atomic mass is 10.0. The van der Waals surface area contributed by atoms with Gasteiger partial charge in [-0.05, 0) is 86.3 Å². The number of hydrogen-bond donors (Lipinski definition) is 3. The molecule has 4 atom stereocenters. The maximum absolute atomic E-state index is 13.8. The average molecular weight is 941 g/mol. The number of nitrogens with one attached hydrogen (secondary N) is 1. The van der Waals surface area contributed by atoms with Crippen LogP contribution in [0.1, 0.15) is 58.0 Å². The number of alkyl halides is 4. The van der Waals surface area contributed by atoms with E-state index in [0.29, 0.717) is 29.6 Å². The lowest BCUT2D eigenvalue weighted by Gasteiger charge is -2.34. The van der Waals surface area contributed by atoms with E-state index in [1.54, 1.807) is 99.4 Å². The van der Waals surface area contributed by atoms with Gasteiger partial charge in [-0.15, -0.1) is 20.4 Å². The van der Waals surface area contributed by atoms with Crippen LogP contribution in [0.3, 0.4) is 0 Å². The summed E-state index contributed by atoms with van der Waals surface area (Å²) < 4.78 is 70.2. The van der Waals surface area contributed by atoms with Crippen molar-refractivity contribution in [3.8, 4) is 16.3 Å².